The molecule has 0 spiro atoms. The maximum absolute atomic E-state index is 3.72. The van der Waals surface area contributed by atoms with Gasteiger partial charge in [-0.2, -0.15) is 6.07 Å². The Bertz CT molecular complexity index is 172. The Hall–Kier alpha value is -0.487. The second kappa shape index (κ2) is 4.40. The van der Waals surface area contributed by atoms with Crippen LogP contribution in [0.3, 0.4) is 0 Å². The van der Waals surface area contributed by atoms with Gasteiger partial charge in [-0.05, 0) is 0 Å². The quantitative estimate of drug-likeness (QED) is 0.459. The molecule has 1 nitrogen and oxygen atoms in total. The first-order valence-corrected chi connectivity index (χ1v) is 2.38. The molecule has 0 aromatic carbocycles. The summed E-state index contributed by atoms with van der Waals surface area (Å²) < 4.78 is 0. The van der Waals surface area contributed by atoms with Crippen LogP contribution in [0.25, 0.3) is 6.08 Å². The van der Waals surface area contributed by atoms with E-state index in [0.717, 1.165) is 5.56 Å². The van der Waals surface area contributed by atoms with Crippen molar-refractivity contribution in [1.82, 2.24) is 4.98 Å². The molecule has 1 aromatic heterocycles. The molecule has 1 aromatic rings. The summed E-state index contributed by atoms with van der Waals surface area (Å²) in [6, 6.07) is 3.66. The van der Waals surface area contributed by atoms with Gasteiger partial charge in [-0.3, -0.25) is 0 Å². The van der Waals surface area contributed by atoms with Gasteiger partial charge in [-0.15, -0.1) is 24.3 Å². The second-order valence-corrected chi connectivity index (χ2v) is 1.42. The van der Waals surface area contributed by atoms with E-state index < -0.39 is 0 Å². The maximum Gasteiger partial charge on any atom is 0 e. The molecular weight excluding hydrogens is 163 g/mol. The molecule has 0 bridgehead atoms. The van der Waals surface area contributed by atoms with Crippen LogP contribution in [-0.4, -0.2) is 4.98 Å². The van der Waals surface area contributed by atoms with Crippen molar-refractivity contribution in [1.29, 1.82) is 0 Å². The van der Waals surface area contributed by atoms with Crippen molar-refractivity contribution < 1.29 is 19.5 Å². The van der Waals surface area contributed by atoms with Crippen molar-refractivity contribution in [3.63, 3.8) is 0 Å². The van der Waals surface area contributed by atoms with Crippen LogP contribution in [0.15, 0.2) is 24.9 Å². The van der Waals surface area contributed by atoms with Crippen LogP contribution < -0.4 is 0 Å². The minimum absolute atomic E-state index is 0. The fourth-order valence-electron chi connectivity index (χ4n) is 0.453. The molecule has 1 rings (SSSR count). The molecule has 0 atom stereocenters. The molecule has 9 heavy (non-hydrogen) atoms. The number of rotatable bonds is 1. The third kappa shape index (κ3) is 2.52. The van der Waals surface area contributed by atoms with Crippen molar-refractivity contribution in [2.75, 3.05) is 0 Å². The van der Waals surface area contributed by atoms with Crippen molar-refractivity contribution >= 4 is 6.08 Å². The molecule has 0 N–H and O–H groups in total. The van der Waals surface area contributed by atoms with Crippen molar-refractivity contribution in [3.05, 3.63) is 36.7 Å². The summed E-state index contributed by atoms with van der Waals surface area (Å²) in [7, 11) is 0. The Labute approximate surface area is 67.6 Å². The summed E-state index contributed by atoms with van der Waals surface area (Å²) in [4.78, 5) is 3.72. The van der Waals surface area contributed by atoms with Gasteiger partial charge in [-0.1, -0.05) is 12.4 Å². The Balaban J connectivity index is 0.000000640. The van der Waals surface area contributed by atoms with Gasteiger partial charge in [0.05, 0.1) is 0 Å². The van der Waals surface area contributed by atoms with E-state index in [9.17, 15) is 0 Å². The van der Waals surface area contributed by atoms with E-state index in [1.165, 1.54) is 0 Å². The summed E-state index contributed by atoms with van der Waals surface area (Å²) >= 11 is 0. The van der Waals surface area contributed by atoms with E-state index >= 15 is 0 Å². The average Bonchev–Trinajstić information content (AvgIpc) is 1.90. The standard InChI is InChI=1S/C7H6N.Zn/c1-2-7-3-5-8-6-4-7;/h2-5H,1H2;/q-1;. The fraction of sp³-hybridized carbons (Fsp3) is 0. The second-order valence-electron chi connectivity index (χ2n) is 1.42. The number of aromatic nitrogens is 1. The van der Waals surface area contributed by atoms with Crippen molar-refractivity contribution in [2.45, 2.75) is 0 Å². The number of nitrogens with zero attached hydrogens (tertiary/aromatic N) is 1. The summed E-state index contributed by atoms with van der Waals surface area (Å²) in [5.74, 6) is 0. The van der Waals surface area contributed by atoms with Gasteiger partial charge >= 0.3 is 0 Å². The fourth-order valence-corrected chi connectivity index (χ4v) is 0.453. The van der Waals surface area contributed by atoms with E-state index in [-0.39, 0.29) is 19.5 Å². The van der Waals surface area contributed by atoms with Gasteiger partial charge in [0.15, 0.2) is 0 Å². The van der Waals surface area contributed by atoms with E-state index in [0.29, 0.717) is 0 Å². The van der Waals surface area contributed by atoms with Gasteiger partial charge < -0.3 is 4.98 Å². The molecule has 0 saturated heterocycles. The molecular formula is C7H6NZn-. The van der Waals surface area contributed by atoms with Crippen LogP contribution in [0.2, 0.25) is 0 Å². The molecule has 0 aliphatic rings. The smallest absolute Gasteiger partial charge is 0 e. The predicted molar refractivity (Wildman–Crippen MR) is 33.2 cm³/mol. The SMILES string of the molecule is C=Cc1c[c-]ncc1.[Zn]. The minimum atomic E-state index is 0. The molecule has 0 saturated carbocycles. The molecule has 0 aliphatic carbocycles. The summed E-state index contributed by atoms with van der Waals surface area (Å²) in [5.41, 5.74) is 1.06. The van der Waals surface area contributed by atoms with Gasteiger partial charge in [0.25, 0.3) is 0 Å². The average molecular weight is 170 g/mol. The van der Waals surface area contributed by atoms with Crippen LogP contribution in [0.1, 0.15) is 5.56 Å². The van der Waals surface area contributed by atoms with Crippen molar-refractivity contribution in [3.8, 4) is 0 Å². The molecule has 1 heterocycles. The van der Waals surface area contributed by atoms with Crippen LogP contribution in [0.5, 0.6) is 0 Å². The van der Waals surface area contributed by atoms with Gasteiger partial charge in [0, 0.05) is 19.5 Å². The predicted octanol–water partition coefficient (Wildman–Crippen LogP) is 1.52. The summed E-state index contributed by atoms with van der Waals surface area (Å²) in [6.07, 6.45) is 6.14. The normalized spacial score (nSPS) is 7.56. The maximum atomic E-state index is 3.72. The van der Waals surface area contributed by atoms with Gasteiger partial charge in [0.2, 0.25) is 0 Å². The molecule has 0 amide bonds. The number of hydrogen-bond donors (Lipinski definition) is 0. The zero-order chi connectivity index (χ0) is 5.82. The van der Waals surface area contributed by atoms with Gasteiger partial charge in [0.1, 0.15) is 0 Å². The Morgan fingerprint density at radius 1 is 1.67 bits per heavy atom. The molecule has 2 heteroatoms. The van der Waals surface area contributed by atoms with E-state index in [1.54, 1.807) is 18.3 Å². The topological polar surface area (TPSA) is 12.9 Å². The summed E-state index contributed by atoms with van der Waals surface area (Å²) in [6.45, 7) is 3.58. The minimum Gasteiger partial charge on any atom is -0.394 e. The first-order chi connectivity index (χ1) is 3.93. The molecule has 0 aliphatic heterocycles. The van der Waals surface area contributed by atoms with Crippen LogP contribution in [-0.2, 0) is 19.5 Å². The number of hydrogen-bond acceptors (Lipinski definition) is 1. The number of pyridine rings is 1. The molecule has 0 radical (unpaired) electrons. The third-order valence-corrected chi connectivity index (χ3v) is 0.883. The monoisotopic (exact) mass is 168 g/mol. The van der Waals surface area contributed by atoms with Crippen LogP contribution in [0, 0.1) is 6.20 Å². The third-order valence-electron chi connectivity index (χ3n) is 0.883. The van der Waals surface area contributed by atoms with E-state index in [2.05, 4.69) is 17.8 Å². The summed E-state index contributed by atoms with van der Waals surface area (Å²) in [5, 5.41) is 0. The Morgan fingerprint density at radius 2 is 2.44 bits per heavy atom. The Kier molecular flexibility index (Phi) is 4.16. The van der Waals surface area contributed by atoms with E-state index in [1.807, 2.05) is 6.07 Å². The first kappa shape index (κ1) is 8.51. The largest absolute Gasteiger partial charge is 0.394 e. The molecule has 0 fully saturated rings. The van der Waals surface area contributed by atoms with Crippen LogP contribution in [0.4, 0.5) is 0 Å². The van der Waals surface area contributed by atoms with Crippen LogP contribution >= 0.6 is 0 Å². The van der Waals surface area contributed by atoms with Gasteiger partial charge in [-0.25, -0.2) is 0 Å². The molecule has 0 unspecified atom stereocenters. The zero-order valence-corrected chi connectivity index (χ0v) is 8.14. The Morgan fingerprint density at radius 3 is 2.78 bits per heavy atom. The van der Waals surface area contributed by atoms with Crippen molar-refractivity contribution in [2.24, 2.45) is 0 Å². The van der Waals surface area contributed by atoms with E-state index in [4.69, 9.17) is 0 Å². The molecule has 42 valence electrons. The zero-order valence-electron chi connectivity index (χ0n) is 5.17. The first-order valence-electron chi connectivity index (χ1n) is 2.38.